The van der Waals surface area contributed by atoms with Crippen LogP contribution in [0.5, 0.6) is 5.75 Å². The van der Waals surface area contributed by atoms with Crippen molar-refractivity contribution >= 4 is 29.9 Å². The number of benzene rings is 1. The number of halogens is 1. The molecule has 4 nitrogen and oxygen atoms in total. The van der Waals surface area contributed by atoms with Gasteiger partial charge in [0.25, 0.3) is 5.69 Å². The van der Waals surface area contributed by atoms with Crippen molar-refractivity contribution in [2.75, 3.05) is 12.4 Å². The summed E-state index contributed by atoms with van der Waals surface area (Å²) in [6, 6.07) is 4.19. The van der Waals surface area contributed by atoms with Gasteiger partial charge in [-0.3, -0.25) is 10.1 Å². The summed E-state index contributed by atoms with van der Waals surface area (Å²) >= 11 is 10.1. The maximum Gasteiger partial charge on any atom is 0.273 e. The third kappa shape index (κ3) is 4.74. The molecule has 0 aliphatic heterocycles. The average molecular weight is 290 g/mol. The van der Waals surface area contributed by atoms with Gasteiger partial charge in [-0.15, -0.1) is 0 Å². The quantitative estimate of drug-likeness (QED) is 0.469. The van der Waals surface area contributed by atoms with E-state index in [2.05, 4.69) is 19.6 Å². The predicted molar refractivity (Wildman–Crippen MR) is 75.9 cm³/mol. The second-order valence-corrected chi connectivity index (χ2v) is 4.98. The molecule has 100 valence electrons. The van der Waals surface area contributed by atoms with E-state index in [0.717, 1.165) is 18.6 Å². The molecule has 0 aromatic heterocycles. The summed E-state index contributed by atoms with van der Waals surface area (Å²) in [7, 11) is 0. The molecule has 1 atom stereocenters. The summed E-state index contributed by atoms with van der Waals surface area (Å²) in [5, 5.41) is 11.0. The van der Waals surface area contributed by atoms with Crippen molar-refractivity contribution in [2.45, 2.75) is 19.8 Å². The van der Waals surface area contributed by atoms with Crippen molar-refractivity contribution in [2.24, 2.45) is 5.92 Å². The zero-order valence-electron chi connectivity index (χ0n) is 10.1. The summed E-state index contributed by atoms with van der Waals surface area (Å²) in [4.78, 5) is 10.2. The van der Waals surface area contributed by atoms with Gasteiger partial charge in [0.1, 0.15) is 5.75 Å². The Bertz CT molecular complexity index is 414. The van der Waals surface area contributed by atoms with E-state index in [1.165, 1.54) is 18.2 Å². The van der Waals surface area contributed by atoms with E-state index in [4.69, 9.17) is 16.3 Å². The van der Waals surface area contributed by atoms with Gasteiger partial charge in [0.15, 0.2) is 0 Å². The van der Waals surface area contributed by atoms with Crippen molar-refractivity contribution in [3.63, 3.8) is 0 Å². The molecule has 0 fully saturated rings. The Morgan fingerprint density at radius 1 is 1.50 bits per heavy atom. The van der Waals surface area contributed by atoms with Gasteiger partial charge in [-0.2, -0.15) is 12.6 Å². The molecular weight excluding hydrogens is 274 g/mol. The highest BCUT2D eigenvalue weighted by Crippen LogP contribution is 2.29. The fourth-order valence-corrected chi connectivity index (χ4v) is 2.06. The van der Waals surface area contributed by atoms with Gasteiger partial charge >= 0.3 is 0 Å². The summed E-state index contributed by atoms with van der Waals surface area (Å²) < 4.78 is 5.48. The topological polar surface area (TPSA) is 52.4 Å². The molecule has 18 heavy (non-hydrogen) atoms. The standard InChI is InChI=1S/C12H16ClNO3S/c1-9(5-7-18)4-6-17-12-8-10(14(15)16)2-3-11(12)13/h2-3,8-9,18H,4-7H2,1H3. The number of hydrogen-bond acceptors (Lipinski definition) is 4. The van der Waals surface area contributed by atoms with Crippen LogP contribution < -0.4 is 4.74 Å². The van der Waals surface area contributed by atoms with Crippen LogP contribution in [0.1, 0.15) is 19.8 Å². The minimum absolute atomic E-state index is 0.0159. The number of nitro benzene ring substituents is 1. The Balaban J connectivity index is 2.56. The molecule has 0 N–H and O–H groups in total. The molecule has 1 aromatic carbocycles. The third-order valence-corrected chi connectivity index (χ3v) is 3.19. The molecule has 1 aromatic rings. The number of hydrogen-bond donors (Lipinski definition) is 1. The molecule has 0 radical (unpaired) electrons. The molecule has 0 aliphatic carbocycles. The normalized spacial score (nSPS) is 12.2. The highest BCUT2D eigenvalue weighted by molar-refractivity contribution is 7.80. The molecule has 0 aliphatic rings. The fourth-order valence-electron chi connectivity index (χ4n) is 1.45. The lowest BCUT2D eigenvalue weighted by Gasteiger charge is -2.11. The predicted octanol–water partition coefficient (Wildman–Crippen LogP) is 3.97. The van der Waals surface area contributed by atoms with Gasteiger partial charge in [-0.1, -0.05) is 18.5 Å². The number of non-ortho nitro benzene ring substituents is 1. The van der Waals surface area contributed by atoms with Crippen LogP contribution in [0, 0.1) is 16.0 Å². The average Bonchev–Trinajstić information content (AvgIpc) is 2.31. The molecule has 1 rings (SSSR count). The molecular formula is C12H16ClNO3S. The molecule has 6 heteroatoms. The van der Waals surface area contributed by atoms with Gasteiger partial charge in [0, 0.05) is 6.07 Å². The first kappa shape index (κ1) is 15.1. The first-order valence-corrected chi connectivity index (χ1v) is 6.73. The van der Waals surface area contributed by atoms with Crippen molar-refractivity contribution in [1.29, 1.82) is 0 Å². The van der Waals surface area contributed by atoms with Crippen LogP contribution in [-0.4, -0.2) is 17.3 Å². The van der Waals surface area contributed by atoms with Crippen LogP contribution in [0.25, 0.3) is 0 Å². The lowest BCUT2D eigenvalue weighted by molar-refractivity contribution is -0.384. The highest BCUT2D eigenvalue weighted by atomic mass is 35.5. The van der Waals surface area contributed by atoms with Gasteiger partial charge in [0.2, 0.25) is 0 Å². The largest absolute Gasteiger partial charge is 0.492 e. The maximum absolute atomic E-state index is 10.6. The van der Waals surface area contributed by atoms with Crippen molar-refractivity contribution < 1.29 is 9.66 Å². The van der Waals surface area contributed by atoms with E-state index in [9.17, 15) is 10.1 Å². The molecule has 0 spiro atoms. The van der Waals surface area contributed by atoms with Crippen LogP contribution in [0.4, 0.5) is 5.69 Å². The van der Waals surface area contributed by atoms with Gasteiger partial charge < -0.3 is 4.74 Å². The lowest BCUT2D eigenvalue weighted by Crippen LogP contribution is -2.05. The number of thiol groups is 1. The lowest BCUT2D eigenvalue weighted by atomic mass is 10.1. The number of nitro groups is 1. The Morgan fingerprint density at radius 2 is 2.22 bits per heavy atom. The van der Waals surface area contributed by atoms with E-state index < -0.39 is 4.92 Å². The fraction of sp³-hybridized carbons (Fsp3) is 0.500. The van der Waals surface area contributed by atoms with Crippen molar-refractivity contribution in [3.05, 3.63) is 33.3 Å². The van der Waals surface area contributed by atoms with E-state index in [0.29, 0.717) is 23.3 Å². The third-order valence-electron chi connectivity index (χ3n) is 2.62. The molecule has 0 amide bonds. The SMILES string of the molecule is CC(CCS)CCOc1cc([N+](=O)[O-])ccc1Cl. The van der Waals surface area contributed by atoms with E-state index in [1.54, 1.807) is 0 Å². The molecule has 0 heterocycles. The van der Waals surface area contributed by atoms with Gasteiger partial charge in [-0.25, -0.2) is 0 Å². The van der Waals surface area contributed by atoms with Crippen LogP contribution in [-0.2, 0) is 0 Å². The Morgan fingerprint density at radius 3 is 2.83 bits per heavy atom. The van der Waals surface area contributed by atoms with Gasteiger partial charge in [-0.05, 0) is 30.6 Å². The molecule has 0 bridgehead atoms. The summed E-state index contributed by atoms with van der Waals surface area (Å²) in [5.74, 6) is 1.72. The van der Waals surface area contributed by atoms with Crippen LogP contribution in [0.3, 0.4) is 0 Å². The summed E-state index contributed by atoms with van der Waals surface area (Å²) in [6.45, 7) is 2.62. The number of ether oxygens (including phenoxy) is 1. The minimum atomic E-state index is -0.466. The zero-order valence-corrected chi connectivity index (χ0v) is 11.8. The molecule has 0 saturated carbocycles. The van der Waals surface area contributed by atoms with Crippen LogP contribution in [0.2, 0.25) is 5.02 Å². The second kappa shape index (κ2) is 7.48. The smallest absolute Gasteiger partial charge is 0.273 e. The second-order valence-electron chi connectivity index (χ2n) is 4.13. The molecule has 1 unspecified atom stereocenters. The Hall–Kier alpha value is -0.940. The number of nitrogens with zero attached hydrogens (tertiary/aromatic N) is 1. The maximum atomic E-state index is 10.6. The van der Waals surface area contributed by atoms with Gasteiger partial charge in [0.05, 0.1) is 22.6 Å². The van der Waals surface area contributed by atoms with E-state index in [-0.39, 0.29) is 5.69 Å². The first-order valence-electron chi connectivity index (χ1n) is 5.72. The zero-order chi connectivity index (χ0) is 13.5. The van der Waals surface area contributed by atoms with Crippen molar-refractivity contribution in [3.8, 4) is 5.75 Å². The van der Waals surface area contributed by atoms with Crippen molar-refractivity contribution in [1.82, 2.24) is 0 Å². The first-order chi connectivity index (χ1) is 8.54. The monoisotopic (exact) mass is 289 g/mol. The minimum Gasteiger partial charge on any atom is -0.492 e. The van der Waals surface area contributed by atoms with Crippen LogP contribution >= 0.6 is 24.2 Å². The summed E-state index contributed by atoms with van der Waals surface area (Å²) in [6.07, 6.45) is 1.90. The summed E-state index contributed by atoms with van der Waals surface area (Å²) in [5.41, 5.74) is -0.0159. The molecule has 0 saturated heterocycles. The highest BCUT2D eigenvalue weighted by Gasteiger charge is 2.11. The Kier molecular flexibility index (Phi) is 6.29. The number of rotatable bonds is 7. The Labute approximate surface area is 117 Å². The van der Waals surface area contributed by atoms with E-state index >= 15 is 0 Å². The van der Waals surface area contributed by atoms with Crippen LogP contribution in [0.15, 0.2) is 18.2 Å². The van der Waals surface area contributed by atoms with E-state index in [1.807, 2.05) is 0 Å².